The van der Waals surface area contributed by atoms with E-state index >= 15 is 0 Å². The first kappa shape index (κ1) is 13.9. The van der Waals surface area contributed by atoms with Gasteiger partial charge in [-0.25, -0.2) is 0 Å². The van der Waals surface area contributed by atoms with Gasteiger partial charge >= 0.3 is 0 Å². The highest BCUT2D eigenvalue weighted by Gasteiger charge is 2.21. The fourth-order valence-electron chi connectivity index (χ4n) is 2.76. The number of aromatic amines is 1. The molecule has 0 aliphatic carbocycles. The second-order valence-corrected chi connectivity index (χ2v) is 5.39. The van der Waals surface area contributed by atoms with Gasteiger partial charge in [0.25, 0.3) is 0 Å². The van der Waals surface area contributed by atoms with E-state index in [-0.39, 0.29) is 5.92 Å². The van der Waals surface area contributed by atoms with Crippen LogP contribution in [0.15, 0.2) is 24.4 Å². The molecule has 0 fully saturated rings. The van der Waals surface area contributed by atoms with Crippen molar-refractivity contribution in [3.63, 3.8) is 0 Å². The lowest BCUT2D eigenvalue weighted by atomic mass is 9.89. The van der Waals surface area contributed by atoms with Crippen LogP contribution in [-0.4, -0.2) is 10.8 Å². The van der Waals surface area contributed by atoms with Crippen LogP contribution in [0.2, 0.25) is 0 Å². The molecule has 0 aliphatic heterocycles. The van der Waals surface area contributed by atoms with Crippen LogP contribution in [0.5, 0.6) is 0 Å². The number of rotatable bonds is 6. The van der Waals surface area contributed by atoms with Crippen LogP contribution in [0.3, 0.4) is 0 Å². The number of H-pyrrole nitrogens is 1. The summed E-state index contributed by atoms with van der Waals surface area (Å²) in [5.41, 5.74) is 3.12. The number of carbonyl (C=O) groups excluding carboxylic acids is 1. The lowest BCUT2D eigenvalue weighted by Crippen LogP contribution is -2.14. The van der Waals surface area contributed by atoms with Crippen LogP contribution < -0.4 is 0 Å². The van der Waals surface area contributed by atoms with Crippen molar-refractivity contribution in [1.29, 1.82) is 0 Å². The monoisotopic (exact) mass is 257 g/mol. The van der Waals surface area contributed by atoms with Crippen molar-refractivity contribution in [3.05, 3.63) is 35.5 Å². The molecule has 0 unspecified atom stereocenters. The smallest absolute Gasteiger partial charge is 0.168 e. The second kappa shape index (κ2) is 6.05. The number of nitrogens with one attached hydrogen (secondary N) is 1. The summed E-state index contributed by atoms with van der Waals surface area (Å²) in [4.78, 5) is 15.9. The van der Waals surface area contributed by atoms with Gasteiger partial charge in [0.2, 0.25) is 0 Å². The first-order valence-electron chi connectivity index (χ1n) is 7.29. The summed E-state index contributed by atoms with van der Waals surface area (Å²) in [6.07, 6.45) is 6.00. The third-order valence-corrected chi connectivity index (χ3v) is 3.75. The predicted octanol–water partition coefficient (Wildman–Crippen LogP) is 4.88. The summed E-state index contributed by atoms with van der Waals surface area (Å²) in [6, 6.07) is 6.23. The molecule has 0 amide bonds. The number of hydrogen-bond donors (Lipinski definition) is 1. The Morgan fingerprint density at radius 1 is 1.21 bits per heavy atom. The molecule has 2 rings (SSSR count). The molecule has 2 aromatic rings. The van der Waals surface area contributed by atoms with E-state index in [0.29, 0.717) is 5.78 Å². The molecule has 0 atom stereocenters. The Kier molecular flexibility index (Phi) is 4.41. The first-order chi connectivity index (χ1) is 9.17. The fraction of sp³-hybridized carbons (Fsp3) is 0.471. The maximum atomic E-state index is 12.7. The van der Waals surface area contributed by atoms with Crippen molar-refractivity contribution in [3.8, 4) is 0 Å². The van der Waals surface area contributed by atoms with E-state index in [2.05, 4.69) is 44.0 Å². The van der Waals surface area contributed by atoms with Gasteiger partial charge < -0.3 is 4.98 Å². The molecule has 0 saturated carbocycles. The van der Waals surface area contributed by atoms with Crippen LogP contribution in [0.1, 0.15) is 55.5 Å². The zero-order chi connectivity index (χ0) is 13.8. The third kappa shape index (κ3) is 2.89. The standard InChI is InChI=1S/C17H23NO/c1-4-6-13(7-5-2)17(19)15-11-18-16-9-8-12(3)10-14(15)16/h8-11,13,18H,4-7H2,1-3H3. The number of benzene rings is 1. The van der Waals surface area contributed by atoms with E-state index in [1.165, 1.54) is 5.56 Å². The van der Waals surface area contributed by atoms with Gasteiger partial charge in [-0.2, -0.15) is 0 Å². The minimum Gasteiger partial charge on any atom is -0.360 e. The Morgan fingerprint density at radius 2 is 1.89 bits per heavy atom. The van der Waals surface area contributed by atoms with E-state index in [1.807, 2.05) is 6.20 Å². The van der Waals surface area contributed by atoms with Crippen molar-refractivity contribution in [1.82, 2.24) is 4.98 Å². The van der Waals surface area contributed by atoms with E-state index in [9.17, 15) is 4.79 Å². The Hall–Kier alpha value is -1.57. The first-order valence-corrected chi connectivity index (χ1v) is 7.29. The second-order valence-electron chi connectivity index (χ2n) is 5.39. The molecule has 1 N–H and O–H groups in total. The summed E-state index contributed by atoms with van der Waals surface area (Å²) in [7, 11) is 0. The Morgan fingerprint density at radius 3 is 2.53 bits per heavy atom. The summed E-state index contributed by atoms with van der Waals surface area (Å²) >= 11 is 0. The minimum atomic E-state index is 0.175. The van der Waals surface area contributed by atoms with Gasteiger partial charge in [0.1, 0.15) is 0 Å². The summed E-state index contributed by atoms with van der Waals surface area (Å²) in [6.45, 7) is 6.36. The maximum Gasteiger partial charge on any atom is 0.168 e. The van der Waals surface area contributed by atoms with Gasteiger partial charge in [-0.15, -0.1) is 0 Å². The molecule has 102 valence electrons. The van der Waals surface area contributed by atoms with E-state index in [4.69, 9.17) is 0 Å². The van der Waals surface area contributed by atoms with Crippen molar-refractivity contribution < 1.29 is 4.79 Å². The SMILES string of the molecule is CCCC(CCC)C(=O)c1c[nH]c2ccc(C)cc12. The summed E-state index contributed by atoms with van der Waals surface area (Å²) in [5.74, 6) is 0.482. The number of hydrogen-bond acceptors (Lipinski definition) is 1. The lowest BCUT2D eigenvalue weighted by molar-refractivity contribution is 0.0906. The van der Waals surface area contributed by atoms with Crippen molar-refractivity contribution in [2.75, 3.05) is 0 Å². The van der Waals surface area contributed by atoms with Crippen molar-refractivity contribution in [2.45, 2.75) is 46.5 Å². The third-order valence-electron chi connectivity index (χ3n) is 3.75. The van der Waals surface area contributed by atoms with Gasteiger partial charge in [0.05, 0.1) is 0 Å². The molecular formula is C17H23NO. The highest BCUT2D eigenvalue weighted by Crippen LogP contribution is 2.26. The minimum absolute atomic E-state index is 0.175. The fourth-order valence-corrected chi connectivity index (χ4v) is 2.76. The zero-order valence-corrected chi connectivity index (χ0v) is 12.1. The molecule has 0 aliphatic rings. The highest BCUT2D eigenvalue weighted by molar-refractivity contribution is 6.09. The van der Waals surface area contributed by atoms with Gasteiger partial charge in [-0.3, -0.25) is 4.79 Å². The Labute approximate surface area is 115 Å². The number of ketones is 1. The molecule has 2 heteroatoms. The highest BCUT2D eigenvalue weighted by atomic mass is 16.1. The number of fused-ring (bicyclic) bond motifs is 1. The molecule has 1 heterocycles. The van der Waals surface area contributed by atoms with Crippen LogP contribution in [-0.2, 0) is 0 Å². The van der Waals surface area contributed by atoms with E-state index in [0.717, 1.165) is 42.1 Å². The topological polar surface area (TPSA) is 32.9 Å². The van der Waals surface area contributed by atoms with Gasteiger partial charge in [-0.05, 0) is 31.9 Å². The summed E-state index contributed by atoms with van der Waals surface area (Å²) < 4.78 is 0. The van der Waals surface area contributed by atoms with Gasteiger partial charge in [-0.1, -0.05) is 38.3 Å². The Balaban J connectivity index is 2.36. The summed E-state index contributed by atoms with van der Waals surface area (Å²) in [5, 5.41) is 1.07. The molecular weight excluding hydrogens is 234 g/mol. The quantitative estimate of drug-likeness (QED) is 0.735. The van der Waals surface area contributed by atoms with Gasteiger partial charge in [0, 0.05) is 28.6 Å². The largest absolute Gasteiger partial charge is 0.360 e. The number of Topliss-reactive ketones (excluding diaryl/α,β-unsaturated/α-hetero) is 1. The molecule has 0 saturated heterocycles. The predicted molar refractivity (Wildman–Crippen MR) is 80.7 cm³/mol. The normalized spacial score (nSPS) is 11.4. The van der Waals surface area contributed by atoms with Crippen LogP contribution >= 0.6 is 0 Å². The van der Waals surface area contributed by atoms with E-state index < -0.39 is 0 Å². The molecule has 0 radical (unpaired) electrons. The molecule has 0 spiro atoms. The van der Waals surface area contributed by atoms with Crippen LogP contribution in [0.4, 0.5) is 0 Å². The maximum absolute atomic E-state index is 12.7. The number of carbonyl (C=O) groups is 1. The van der Waals surface area contributed by atoms with Crippen molar-refractivity contribution >= 4 is 16.7 Å². The van der Waals surface area contributed by atoms with Crippen molar-refractivity contribution in [2.24, 2.45) is 5.92 Å². The molecule has 1 aromatic heterocycles. The van der Waals surface area contributed by atoms with Crippen LogP contribution in [0.25, 0.3) is 10.9 Å². The average Bonchev–Trinajstić information content (AvgIpc) is 2.80. The molecule has 0 bridgehead atoms. The number of aryl methyl sites for hydroxylation is 1. The zero-order valence-electron chi connectivity index (χ0n) is 12.1. The molecule has 19 heavy (non-hydrogen) atoms. The average molecular weight is 257 g/mol. The van der Waals surface area contributed by atoms with Crippen LogP contribution in [0, 0.1) is 12.8 Å². The lowest BCUT2D eigenvalue weighted by Gasteiger charge is -2.13. The van der Waals surface area contributed by atoms with Gasteiger partial charge in [0.15, 0.2) is 5.78 Å². The van der Waals surface area contributed by atoms with E-state index in [1.54, 1.807) is 0 Å². The Bertz CT molecular complexity index is 562. The molecule has 1 aromatic carbocycles. The molecule has 2 nitrogen and oxygen atoms in total. The number of aromatic nitrogens is 1.